The van der Waals surface area contributed by atoms with E-state index < -0.39 is 0 Å². The van der Waals surface area contributed by atoms with Crippen LogP contribution in [0.5, 0.6) is 0 Å². The highest BCUT2D eigenvalue weighted by atomic mass is 14.9. The average molecular weight is 305 g/mol. The smallest absolute Gasteiger partial charge is 0.171 e. The van der Waals surface area contributed by atoms with Gasteiger partial charge in [-0.2, -0.15) is 0 Å². The first kappa shape index (κ1) is 19.2. The molecule has 0 saturated heterocycles. The van der Waals surface area contributed by atoms with Crippen molar-refractivity contribution in [3.63, 3.8) is 0 Å². The molecular weight excluding hydrogens is 266 g/mol. The third kappa shape index (κ3) is 8.56. The van der Waals surface area contributed by atoms with E-state index in [0.29, 0.717) is 0 Å². The molecule has 1 nitrogen and oxygen atoms in total. The van der Waals surface area contributed by atoms with Crippen LogP contribution in [-0.2, 0) is 19.4 Å². The molecule has 126 valence electrons. The van der Waals surface area contributed by atoms with Crippen LogP contribution in [0.4, 0.5) is 0 Å². The minimum atomic E-state index is 1.09. The fraction of sp³-hybridized carbons (Fsp3) is 0.762. The van der Waals surface area contributed by atoms with Crippen molar-refractivity contribution >= 4 is 0 Å². The molecule has 0 N–H and O–H groups in total. The van der Waals surface area contributed by atoms with Crippen molar-refractivity contribution in [3.05, 3.63) is 29.6 Å². The summed E-state index contributed by atoms with van der Waals surface area (Å²) in [6.45, 7) is 7.91. The zero-order valence-corrected chi connectivity index (χ0v) is 15.4. The molecule has 0 saturated carbocycles. The van der Waals surface area contributed by atoms with E-state index in [1.54, 1.807) is 11.1 Å². The maximum atomic E-state index is 2.46. The van der Waals surface area contributed by atoms with Gasteiger partial charge in [0.2, 0.25) is 0 Å². The van der Waals surface area contributed by atoms with Crippen molar-refractivity contribution in [1.82, 2.24) is 0 Å². The van der Waals surface area contributed by atoms with Gasteiger partial charge in [-0.25, -0.2) is 4.57 Å². The van der Waals surface area contributed by atoms with Gasteiger partial charge in [0.15, 0.2) is 12.4 Å². The van der Waals surface area contributed by atoms with Gasteiger partial charge in [-0.15, -0.1) is 0 Å². The van der Waals surface area contributed by atoms with Crippen LogP contribution in [0.1, 0.15) is 96.1 Å². The van der Waals surface area contributed by atoms with Crippen LogP contribution >= 0.6 is 0 Å². The second kappa shape index (κ2) is 12.7. The molecule has 22 heavy (non-hydrogen) atoms. The number of unbranched alkanes of at least 4 members (excludes halogenated alkanes) is 8. The molecule has 0 aromatic carbocycles. The van der Waals surface area contributed by atoms with E-state index in [1.165, 1.54) is 77.0 Å². The van der Waals surface area contributed by atoms with Gasteiger partial charge >= 0.3 is 0 Å². The van der Waals surface area contributed by atoms with Gasteiger partial charge < -0.3 is 0 Å². The molecule has 1 aromatic heterocycles. The van der Waals surface area contributed by atoms with Crippen LogP contribution in [0.2, 0.25) is 0 Å². The molecule has 0 aliphatic carbocycles. The molecule has 0 unspecified atom stereocenters. The number of rotatable bonds is 13. The van der Waals surface area contributed by atoms with Crippen LogP contribution in [0, 0.1) is 0 Å². The Kier molecular flexibility index (Phi) is 11.1. The summed E-state index contributed by atoms with van der Waals surface area (Å²) >= 11 is 0. The van der Waals surface area contributed by atoms with Crippen molar-refractivity contribution in [1.29, 1.82) is 0 Å². The normalized spacial score (nSPS) is 11.0. The number of hydrogen-bond acceptors (Lipinski definition) is 0. The van der Waals surface area contributed by atoms with E-state index in [4.69, 9.17) is 0 Å². The van der Waals surface area contributed by atoms with Crippen molar-refractivity contribution in [2.45, 2.75) is 104 Å². The Morgan fingerprint density at radius 3 is 1.50 bits per heavy atom. The zero-order valence-electron chi connectivity index (χ0n) is 15.4. The standard InChI is InChI=1S/C21H38N/c1-4-7-9-11-13-15-20-17-21(19-22(6-3)18-20)16-14-12-10-8-5-2/h17-19H,4-16H2,1-3H3/q+1. The van der Waals surface area contributed by atoms with Gasteiger partial charge in [0.1, 0.15) is 6.54 Å². The van der Waals surface area contributed by atoms with E-state index in [1.807, 2.05) is 0 Å². The Morgan fingerprint density at radius 2 is 1.09 bits per heavy atom. The minimum Gasteiger partial charge on any atom is -0.205 e. The topological polar surface area (TPSA) is 3.88 Å². The summed E-state index contributed by atoms with van der Waals surface area (Å²) in [7, 11) is 0. The largest absolute Gasteiger partial charge is 0.205 e. The van der Waals surface area contributed by atoms with Crippen LogP contribution in [0.3, 0.4) is 0 Å². The molecule has 1 rings (SSSR count). The fourth-order valence-corrected chi connectivity index (χ4v) is 3.10. The van der Waals surface area contributed by atoms with E-state index in [9.17, 15) is 0 Å². The molecular formula is C21H38N+. The SMILES string of the molecule is CCCCCCCc1cc(CCCCCCC)c[n+](CC)c1. The molecule has 0 fully saturated rings. The van der Waals surface area contributed by atoms with Gasteiger partial charge in [-0.05, 0) is 38.7 Å². The maximum Gasteiger partial charge on any atom is 0.171 e. The molecule has 1 heteroatoms. The molecule has 0 bridgehead atoms. The lowest BCUT2D eigenvalue weighted by molar-refractivity contribution is -0.694. The predicted octanol–water partition coefficient (Wildman–Crippen LogP) is 6.02. The Bertz CT molecular complexity index is 351. The lowest BCUT2D eigenvalue weighted by Crippen LogP contribution is -2.32. The van der Waals surface area contributed by atoms with Crippen molar-refractivity contribution < 1.29 is 4.57 Å². The number of aromatic nitrogens is 1. The van der Waals surface area contributed by atoms with Gasteiger partial charge in [0.05, 0.1) is 0 Å². The molecule has 0 spiro atoms. The number of hydrogen-bond donors (Lipinski definition) is 0. The quantitative estimate of drug-likeness (QED) is 0.310. The number of nitrogens with zero attached hydrogens (tertiary/aromatic N) is 1. The van der Waals surface area contributed by atoms with E-state index in [0.717, 1.165) is 6.54 Å². The lowest BCUT2D eigenvalue weighted by atomic mass is 10.0. The predicted molar refractivity (Wildman–Crippen MR) is 97.2 cm³/mol. The maximum absolute atomic E-state index is 2.46. The Morgan fingerprint density at radius 1 is 0.636 bits per heavy atom. The molecule has 1 heterocycles. The third-order valence-corrected chi connectivity index (χ3v) is 4.54. The van der Waals surface area contributed by atoms with Gasteiger partial charge in [-0.3, -0.25) is 0 Å². The van der Waals surface area contributed by atoms with Crippen LogP contribution in [0.25, 0.3) is 0 Å². The lowest BCUT2D eigenvalue weighted by Gasteiger charge is -2.06. The highest BCUT2D eigenvalue weighted by molar-refractivity contribution is 5.15. The highest BCUT2D eigenvalue weighted by Gasteiger charge is 2.06. The van der Waals surface area contributed by atoms with Gasteiger partial charge in [-0.1, -0.05) is 65.2 Å². The molecule has 0 aliphatic rings. The van der Waals surface area contributed by atoms with Crippen LogP contribution < -0.4 is 4.57 Å². The number of pyridine rings is 1. The van der Waals surface area contributed by atoms with Crippen molar-refractivity contribution in [2.24, 2.45) is 0 Å². The molecule has 0 radical (unpaired) electrons. The monoisotopic (exact) mass is 304 g/mol. The van der Waals surface area contributed by atoms with E-state index in [2.05, 4.69) is 43.8 Å². The summed E-state index contributed by atoms with van der Waals surface area (Å²) in [5.41, 5.74) is 3.09. The zero-order chi connectivity index (χ0) is 16.0. The molecule has 0 amide bonds. The second-order valence-electron chi connectivity index (χ2n) is 6.71. The van der Waals surface area contributed by atoms with Gasteiger partial charge in [0, 0.05) is 11.1 Å². The average Bonchev–Trinajstić information content (AvgIpc) is 2.54. The van der Waals surface area contributed by atoms with Crippen LogP contribution in [0.15, 0.2) is 18.5 Å². The van der Waals surface area contributed by atoms with Gasteiger partial charge in [0.25, 0.3) is 0 Å². The summed E-state index contributed by atoms with van der Waals surface area (Å²) in [6.07, 6.45) is 21.0. The van der Waals surface area contributed by atoms with Crippen molar-refractivity contribution in [3.8, 4) is 0 Å². The Balaban J connectivity index is 2.42. The van der Waals surface area contributed by atoms with Crippen LogP contribution in [-0.4, -0.2) is 0 Å². The third-order valence-electron chi connectivity index (χ3n) is 4.54. The minimum absolute atomic E-state index is 1.09. The Hall–Kier alpha value is -0.850. The first-order chi connectivity index (χ1) is 10.8. The summed E-state index contributed by atoms with van der Waals surface area (Å²) in [5, 5.41) is 0. The highest BCUT2D eigenvalue weighted by Crippen LogP contribution is 2.12. The molecule has 0 aliphatic heterocycles. The second-order valence-corrected chi connectivity index (χ2v) is 6.71. The first-order valence-electron chi connectivity index (χ1n) is 9.82. The summed E-state index contributed by atoms with van der Waals surface area (Å²) in [6, 6.07) is 2.46. The Labute approximate surface area is 139 Å². The van der Waals surface area contributed by atoms with E-state index >= 15 is 0 Å². The summed E-state index contributed by atoms with van der Waals surface area (Å²) in [5.74, 6) is 0. The fourth-order valence-electron chi connectivity index (χ4n) is 3.10. The molecule has 0 atom stereocenters. The number of aryl methyl sites for hydroxylation is 3. The summed E-state index contributed by atoms with van der Waals surface area (Å²) in [4.78, 5) is 0. The first-order valence-corrected chi connectivity index (χ1v) is 9.82. The van der Waals surface area contributed by atoms with Crippen molar-refractivity contribution in [2.75, 3.05) is 0 Å². The summed E-state index contributed by atoms with van der Waals surface area (Å²) < 4.78 is 2.38. The molecule has 1 aromatic rings. The van der Waals surface area contributed by atoms with E-state index in [-0.39, 0.29) is 0 Å².